The van der Waals surface area contributed by atoms with Crippen molar-refractivity contribution in [2.24, 2.45) is 0 Å². The Morgan fingerprint density at radius 2 is 1.75 bits per heavy atom. The summed E-state index contributed by atoms with van der Waals surface area (Å²) in [5.74, 6) is 0.348. The molecule has 5 heteroatoms. The lowest BCUT2D eigenvalue weighted by Gasteiger charge is -2.02. The van der Waals surface area contributed by atoms with E-state index in [1.807, 2.05) is 38.2 Å². The van der Waals surface area contributed by atoms with E-state index >= 15 is 0 Å². The third-order valence-electron chi connectivity index (χ3n) is 2.32. The van der Waals surface area contributed by atoms with Gasteiger partial charge in [0, 0.05) is 6.07 Å². The van der Waals surface area contributed by atoms with Gasteiger partial charge >= 0.3 is 0 Å². The largest absolute Gasteiger partial charge is 1.00 e. The van der Waals surface area contributed by atoms with Gasteiger partial charge in [-0.05, 0) is 31.0 Å². The minimum atomic E-state index is 0. The summed E-state index contributed by atoms with van der Waals surface area (Å²) in [6.07, 6.45) is 1.82. The van der Waals surface area contributed by atoms with Crippen molar-refractivity contribution < 1.29 is 33.4 Å². The van der Waals surface area contributed by atoms with E-state index in [-0.39, 0.29) is 23.4 Å². The molecule has 1 aromatic carbocycles. The number of hydrogen-bond acceptors (Lipinski definition) is 1. The van der Waals surface area contributed by atoms with Gasteiger partial charge in [-0.2, -0.15) is 0 Å². The van der Waals surface area contributed by atoms with Crippen molar-refractivity contribution in [1.82, 2.24) is 0 Å². The number of benzene rings is 1. The second-order valence-electron chi connectivity index (χ2n) is 3.32. The number of hydrogen-bond donors (Lipinski definition) is 1. The van der Waals surface area contributed by atoms with Gasteiger partial charge in [0.25, 0.3) is 5.52 Å². The summed E-state index contributed by atoms with van der Waals surface area (Å²) in [6, 6.07) is 5.93. The fourth-order valence-corrected chi connectivity index (χ4v) is 1.63. The van der Waals surface area contributed by atoms with E-state index in [1.165, 1.54) is 5.56 Å². The molecule has 0 amide bonds. The van der Waals surface area contributed by atoms with Gasteiger partial charge in [-0.25, -0.2) is 4.98 Å². The van der Waals surface area contributed by atoms with Crippen molar-refractivity contribution in [3.05, 3.63) is 35.5 Å². The summed E-state index contributed by atoms with van der Waals surface area (Å²) >= 11 is 0. The lowest BCUT2D eigenvalue weighted by atomic mass is 10.1. The zero-order valence-corrected chi connectivity index (χ0v) is 9.89. The first-order valence-electron chi connectivity index (χ1n) is 4.29. The molecule has 4 nitrogen and oxygen atoms in total. The van der Waals surface area contributed by atoms with Crippen molar-refractivity contribution in [3.63, 3.8) is 0 Å². The van der Waals surface area contributed by atoms with Gasteiger partial charge in [0.05, 0.1) is 5.39 Å². The number of pyridine rings is 1. The molecule has 16 heavy (non-hydrogen) atoms. The van der Waals surface area contributed by atoms with Crippen LogP contribution in [-0.4, -0.2) is 16.1 Å². The first-order valence-corrected chi connectivity index (χ1v) is 4.29. The number of phenols is 1. The maximum Gasteiger partial charge on any atom is 0.253 e. The number of nitrogens with one attached hydrogen (secondary N) is 1. The summed E-state index contributed by atoms with van der Waals surface area (Å²) in [5, 5.41) is 10.8. The van der Waals surface area contributed by atoms with Crippen LogP contribution in [0, 0.1) is 13.8 Å². The zero-order valence-electron chi connectivity index (χ0n) is 9.13. The molecule has 0 radical (unpaired) electrons. The van der Waals surface area contributed by atoms with E-state index < -0.39 is 0 Å². The highest BCUT2D eigenvalue weighted by Gasteiger charge is 2.10. The van der Waals surface area contributed by atoms with Crippen molar-refractivity contribution in [2.45, 2.75) is 13.8 Å². The van der Waals surface area contributed by atoms with Crippen molar-refractivity contribution in [3.8, 4) is 5.75 Å². The Morgan fingerprint density at radius 1 is 1.12 bits per heavy atom. The summed E-state index contributed by atoms with van der Waals surface area (Å²) in [7, 11) is 0. The summed E-state index contributed by atoms with van der Waals surface area (Å²) in [5.41, 5.74) is 2.91. The molecular weight excluding hydrogens is 230 g/mol. The monoisotopic (exact) mass is 245 g/mol. The van der Waals surface area contributed by atoms with E-state index in [9.17, 15) is 5.11 Å². The van der Waals surface area contributed by atoms with Gasteiger partial charge in [-0.15, -0.1) is 0 Å². The van der Waals surface area contributed by atoms with E-state index in [0.29, 0.717) is 5.75 Å². The van der Waals surface area contributed by atoms with E-state index in [2.05, 4.69) is 4.98 Å². The fraction of sp³-hybridized carbons (Fsp3) is 0.182. The van der Waals surface area contributed by atoms with Crippen LogP contribution in [0.5, 0.6) is 5.75 Å². The van der Waals surface area contributed by atoms with Crippen molar-refractivity contribution in [2.75, 3.05) is 0 Å². The molecule has 0 atom stereocenters. The van der Waals surface area contributed by atoms with Crippen LogP contribution in [-0.2, 0) is 0 Å². The maximum atomic E-state index is 9.75. The van der Waals surface area contributed by atoms with Gasteiger partial charge in [0.15, 0.2) is 11.9 Å². The molecule has 0 aliphatic carbocycles. The number of aromatic nitrogens is 1. The molecule has 0 saturated carbocycles. The number of aromatic amines is 1. The Labute approximate surface area is 100.0 Å². The van der Waals surface area contributed by atoms with Gasteiger partial charge in [0.1, 0.15) is 0 Å². The van der Waals surface area contributed by atoms with Gasteiger partial charge in [0.2, 0.25) is 0 Å². The number of rotatable bonds is 0. The van der Waals surface area contributed by atoms with Crippen molar-refractivity contribution in [1.29, 1.82) is 0 Å². The minimum Gasteiger partial charge on any atom is -1.00 e. The zero-order chi connectivity index (χ0) is 9.42. The molecule has 0 bridgehead atoms. The topological polar surface area (TPSA) is 97.4 Å². The average Bonchev–Trinajstić information content (AvgIpc) is 2.15. The highest BCUT2D eigenvalue weighted by molar-refractivity contribution is 5.85. The van der Waals surface area contributed by atoms with E-state index in [4.69, 9.17) is 0 Å². The summed E-state index contributed by atoms with van der Waals surface area (Å²) in [4.78, 5) is 3.05. The first-order chi connectivity index (χ1) is 6.20. The van der Waals surface area contributed by atoms with Crippen LogP contribution in [0.25, 0.3) is 10.9 Å². The lowest BCUT2D eigenvalue weighted by Crippen LogP contribution is -3.00. The quantitative estimate of drug-likeness (QED) is 0.538. The number of halogens is 1. The smallest absolute Gasteiger partial charge is 0.253 e. The number of phenolic OH excluding ortho intramolecular Hbond substituents is 1. The molecule has 0 saturated heterocycles. The number of fused-ring (bicyclic) bond motifs is 1. The number of H-pyrrole nitrogens is 1. The Kier molecular flexibility index (Phi) is 6.68. The predicted octanol–water partition coefficient (Wildman–Crippen LogP) is -2.67. The third-order valence-corrected chi connectivity index (χ3v) is 2.32. The van der Waals surface area contributed by atoms with Gasteiger partial charge < -0.3 is 28.5 Å². The minimum absolute atomic E-state index is 0. The summed E-state index contributed by atoms with van der Waals surface area (Å²) in [6.45, 7) is 3.95. The van der Waals surface area contributed by atoms with Gasteiger partial charge in [-0.3, -0.25) is 0 Å². The van der Waals surface area contributed by atoms with Crippen LogP contribution in [0.2, 0.25) is 0 Å². The molecule has 0 aliphatic rings. The second-order valence-corrected chi connectivity index (χ2v) is 3.32. The van der Waals surface area contributed by atoms with E-state index in [1.54, 1.807) is 0 Å². The van der Waals surface area contributed by atoms with E-state index in [0.717, 1.165) is 16.5 Å². The molecule has 6 N–H and O–H groups in total. The molecule has 2 aromatic rings. The molecule has 90 valence electrons. The number of aryl methyl sites for hydroxylation is 2. The average molecular weight is 246 g/mol. The molecule has 0 spiro atoms. The Morgan fingerprint density at radius 3 is 2.38 bits per heavy atom. The standard InChI is InChI=1S/C11H11NO.ClH.2H2O/c1-7-6-8(2)11(13)10-9(7)4-3-5-12-10;;;/h3-6,13H,1-2H3;1H;2*1H2. The third kappa shape index (κ3) is 2.61. The Balaban J connectivity index is 0. The molecule has 0 unspecified atom stereocenters. The molecular formula is C11H16ClNO3. The molecule has 0 fully saturated rings. The molecule has 0 aliphatic heterocycles. The molecule has 2 rings (SSSR count). The maximum absolute atomic E-state index is 9.75. The Bertz CT molecular complexity index is 474. The highest BCUT2D eigenvalue weighted by Crippen LogP contribution is 2.26. The number of aromatic hydroxyl groups is 1. The molecule has 1 heterocycles. The normalized spacial score (nSPS) is 8.62. The van der Waals surface area contributed by atoms with Gasteiger partial charge in [-0.1, -0.05) is 6.07 Å². The molecule has 1 aromatic heterocycles. The fourth-order valence-electron chi connectivity index (χ4n) is 1.63. The first kappa shape index (κ1) is 17.0. The van der Waals surface area contributed by atoms with Crippen LogP contribution < -0.4 is 17.4 Å². The second kappa shape index (κ2) is 6.27. The van der Waals surface area contributed by atoms with Crippen LogP contribution in [0.3, 0.4) is 0 Å². The van der Waals surface area contributed by atoms with Crippen LogP contribution >= 0.6 is 0 Å². The SMILES string of the molecule is Cc1cc(C)c2ccc[nH+]c2c1O.O.O.[Cl-]. The highest BCUT2D eigenvalue weighted by atomic mass is 35.5. The predicted molar refractivity (Wildman–Crippen MR) is 58.9 cm³/mol. The van der Waals surface area contributed by atoms with Crippen LogP contribution in [0.15, 0.2) is 24.4 Å². The van der Waals surface area contributed by atoms with Crippen molar-refractivity contribution >= 4 is 10.9 Å². The summed E-state index contributed by atoms with van der Waals surface area (Å²) < 4.78 is 0. The van der Waals surface area contributed by atoms with Crippen LogP contribution in [0.4, 0.5) is 0 Å². The van der Waals surface area contributed by atoms with Crippen LogP contribution in [0.1, 0.15) is 11.1 Å². The Hall–Kier alpha value is -1.36. The lowest BCUT2D eigenvalue weighted by molar-refractivity contribution is -0.345.